The van der Waals surface area contributed by atoms with E-state index in [9.17, 15) is 14.4 Å². The maximum atomic E-state index is 12.2. The van der Waals surface area contributed by atoms with Gasteiger partial charge in [0.1, 0.15) is 0 Å². The summed E-state index contributed by atoms with van der Waals surface area (Å²) in [4.78, 5) is 35.7. The Morgan fingerprint density at radius 1 is 0.962 bits per heavy atom. The third-order valence-electron chi connectivity index (χ3n) is 3.40. The lowest BCUT2D eigenvalue weighted by molar-refractivity contribution is -0.111. The number of hydrogen-bond donors (Lipinski definition) is 1. The first-order chi connectivity index (χ1) is 12.4. The van der Waals surface area contributed by atoms with Crippen molar-refractivity contribution in [1.82, 2.24) is 0 Å². The van der Waals surface area contributed by atoms with Crippen molar-refractivity contribution in [3.05, 3.63) is 70.3 Å². The number of benzene rings is 2. The molecule has 26 heavy (non-hydrogen) atoms. The molecule has 0 radical (unpaired) electrons. The van der Waals surface area contributed by atoms with Crippen LogP contribution in [0.1, 0.15) is 26.3 Å². The van der Waals surface area contributed by atoms with Crippen LogP contribution in [0.2, 0.25) is 5.02 Å². The number of ether oxygens (including phenoxy) is 2. The minimum Gasteiger partial charge on any atom is -0.465 e. The maximum absolute atomic E-state index is 12.2. The van der Waals surface area contributed by atoms with Gasteiger partial charge in [-0.25, -0.2) is 9.59 Å². The molecule has 1 N–H and O–H groups in total. The molecule has 0 bridgehead atoms. The highest BCUT2D eigenvalue weighted by Gasteiger charge is 2.16. The Morgan fingerprint density at radius 3 is 2.23 bits per heavy atom. The zero-order valence-electron chi connectivity index (χ0n) is 14.1. The van der Waals surface area contributed by atoms with Crippen LogP contribution in [0.25, 0.3) is 6.08 Å². The third kappa shape index (κ3) is 4.94. The van der Waals surface area contributed by atoms with Crippen molar-refractivity contribution in [3.63, 3.8) is 0 Å². The number of anilines is 1. The first kappa shape index (κ1) is 19.2. The van der Waals surface area contributed by atoms with E-state index in [1.807, 2.05) is 0 Å². The largest absolute Gasteiger partial charge is 0.465 e. The second-order valence-electron chi connectivity index (χ2n) is 5.12. The van der Waals surface area contributed by atoms with Crippen molar-refractivity contribution in [2.24, 2.45) is 0 Å². The molecule has 0 spiro atoms. The Kier molecular flexibility index (Phi) is 6.52. The number of nitrogens with one attached hydrogen (secondary N) is 1. The average molecular weight is 374 g/mol. The molecule has 2 rings (SSSR count). The molecule has 0 atom stereocenters. The first-order valence-corrected chi connectivity index (χ1v) is 7.87. The molecule has 134 valence electrons. The smallest absolute Gasteiger partial charge is 0.339 e. The summed E-state index contributed by atoms with van der Waals surface area (Å²) in [6.07, 6.45) is 2.89. The van der Waals surface area contributed by atoms with Crippen LogP contribution in [-0.4, -0.2) is 32.1 Å². The number of esters is 2. The molecule has 0 saturated heterocycles. The van der Waals surface area contributed by atoms with Crippen LogP contribution >= 0.6 is 11.6 Å². The molecule has 6 nitrogen and oxygen atoms in total. The zero-order chi connectivity index (χ0) is 19.1. The van der Waals surface area contributed by atoms with E-state index in [4.69, 9.17) is 11.6 Å². The van der Waals surface area contributed by atoms with Crippen molar-refractivity contribution < 1.29 is 23.9 Å². The van der Waals surface area contributed by atoms with Gasteiger partial charge in [0.05, 0.1) is 31.0 Å². The van der Waals surface area contributed by atoms with Crippen molar-refractivity contribution in [3.8, 4) is 0 Å². The monoisotopic (exact) mass is 373 g/mol. The number of carbonyl (C=O) groups excluding carboxylic acids is 3. The second-order valence-corrected chi connectivity index (χ2v) is 5.55. The van der Waals surface area contributed by atoms with E-state index in [-0.39, 0.29) is 16.8 Å². The summed E-state index contributed by atoms with van der Waals surface area (Å²) in [5.74, 6) is -1.71. The second kappa shape index (κ2) is 8.82. The minimum absolute atomic E-state index is 0.119. The van der Waals surface area contributed by atoms with E-state index < -0.39 is 17.8 Å². The molecule has 2 aromatic carbocycles. The maximum Gasteiger partial charge on any atom is 0.339 e. The SMILES string of the molecule is COC(=O)c1ccc(C(=O)OC)c(NC(=O)C=Cc2ccc(Cl)cc2)c1. The molecule has 0 heterocycles. The minimum atomic E-state index is -0.640. The molecule has 0 fully saturated rings. The molecule has 2 aromatic rings. The van der Waals surface area contributed by atoms with Gasteiger partial charge < -0.3 is 14.8 Å². The molecule has 1 amide bonds. The third-order valence-corrected chi connectivity index (χ3v) is 3.65. The van der Waals surface area contributed by atoms with Crippen molar-refractivity contribution >= 4 is 41.2 Å². The van der Waals surface area contributed by atoms with E-state index in [1.165, 1.54) is 38.5 Å². The van der Waals surface area contributed by atoms with Gasteiger partial charge in [-0.3, -0.25) is 4.79 Å². The Balaban J connectivity index is 2.24. The summed E-state index contributed by atoms with van der Waals surface area (Å²) in [5, 5.41) is 3.16. The topological polar surface area (TPSA) is 81.7 Å². The highest BCUT2D eigenvalue weighted by Crippen LogP contribution is 2.20. The summed E-state index contributed by atoms with van der Waals surface area (Å²) < 4.78 is 9.33. The Hall–Kier alpha value is -3.12. The highest BCUT2D eigenvalue weighted by atomic mass is 35.5. The zero-order valence-corrected chi connectivity index (χ0v) is 14.9. The van der Waals surface area contributed by atoms with Gasteiger partial charge in [-0.1, -0.05) is 23.7 Å². The average Bonchev–Trinajstić information content (AvgIpc) is 2.66. The van der Waals surface area contributed by atoms with Crippen LogP contribution < -0.4 is 5.32 Å². The van der Waals surface area contributed by atoms with Crippen molar-refractivity contribution in [1.29, 1.82) is 0 Å². The molecular weight excluding hydrogens is 358 g/mol. The molecule has 0 aliphatic carbocycles. The summed E-state index contributed by atoms with van der Waals surface area (Å²) in [6, 6.07) is 11.1. The Labute approximate surface area is 155 Å². The standard InChI is InChI=1S/C19H16ClNO5/c1-25-18(23)13-6-9-15(19(24)26-2)16(11-13)21-17(22)10-5-12-3-7-14(20)8-4-12/h3-11H,1-2H3,(H,21,22). The van der Waals surface area contributed by atoms with Gasteiger partial charge in [0, 0.05) is 11.1 Å². The molecule has 0 aliphatic rings. The molecular formula is C19H16ClNO5. The summed E-state index contributed by atoms with van der Waals surface area (Å²) in [5.41, 5.74) is 1.23. The van der Waals surface area contributed by atoms with Crippen LogP contribution in [0, 0.1) is 0 Å². The van der Waals surface area contributed by atoms with Gasteiger partial charge in [0.15, 0.2) is 0 Å². The summed E-state index contributed by atoms with van der Waals surface area (Å²) in [7, 11) is 2.46. The lowest BCUT2D eigenvalue weighted by Crippen LogP contribution is -2.14. The predicted molar refractivity (Wildman–Crippen MR) is 98.2 cm³/mol. The Bertz CT molecular complexity index is 859. The number of carbonyl (C=O) groups is 3. The van der Waals surface area contributed by atoms with Gasteiger partial charge >= 0.3 is 11.9 Å². The van der Waals surface area contributed by atoms with Crippen LogP contribution in [-0.2, 0) is 14.3 Å². The van der Waals surface area contributed by atoms with E-state index in [1.54, 1.807) is 30.3 Å². The number of hydrogen-bond acceptors (Lipinski definition) is 5. The van der Waals surface area contributed by atoms with E-state index in [2.05, 4.69) is 14.8 Å². The number of methoxy groups -OCH3 is 2. The predicted octanol–water partition coefficient (Wildman–Crippen LogP) is 3.57. The van der Waals surface area contributed by atoms with Gasteiger partial charge in [-0.15, -0.1) is 0 Å². The molecule has 7 heteroatoms. The van der Waals surface area contributed by atoms with E-state index >= 15 is 0 Å². The van der Waals surface area contributed by atoms with E-state index in [0.717, 1.165) is 5.56 Å². The summed E-state index contributed by atoms with van der Waals surface area (Å²) >= 11 is 5.81. The number of rotatable bonds is 5. The first-order valence-electron chi connectivity index (χ1n) is 7.50. The fraction of sp³-hybridized carbons (Fsp3) is 0.105. The van der Waals surface area contributed by atoms with Gasteiger partial charge in [0.25, 0.3) is 0 Å². The fourth-order valence-electron chi connectivity index (χ4n) is 2.10. The highest BCUT2D eigenvalue weighted by molar-refractivity contribution is 6.30. The lowest BCUT2D eigenvalue weighted by Gasteiger charge is -2.10. The molecule has 0 saturated carbocycles. The normalized spacial score (nSPS) is 10.4. The van der Waals surface area contributed by atoms with Crippen LogP contribution in [0.3, 0.4) is 0 Å². The van der Waals surface area contributed by atoms with Crippen LogP contribution in [0.4, 0.5) is 5.69 Å². The van der Waals surface area contributed by atoms with Gasteiger partial charge in [0.2, 0.25) is 5.91 Å². The van der Waals surface area contributed by atoms with Gasteiger partial charge in [-0.2, -0.15) is 0 Å². The van der Waals surface area contributed by atoms with E-state index in [0.29, 0.717) is 5.02 Å². The fourth-order valence-corrected chi connectivity index (χ4v) is 2.23. The number of halogens is 1. The molecule has 0 aromatic heterocycles. The van der Waals surface area contributed by atoms with Crippen LogP contribution in [0.5, 0.6) is 0 Å². The Morgan fingerprint density at radius 2 is 1.62 bits per heavy atom. The van der Waals surface area contributed by atoms with Gasteiger partial charge in [-0.05, 0) is 42.0 Å². The molecule has 0 aliphatic heterocycles. The molecule has 0 unspecified atom stereocenters. The van der Waals surface area contributed by atoms with Crippen molar-refractivity contribution in [2.45, 2.75) is 0 Å². The quantitative estimate of drug-likeness (QED) is 0.640. The summed E-state index contributed by atoms with van der Waals surface area (Å²) in [6.45, 7) is 0. The van der Waals surface area contributed by atoms with Crippen molar-refractivity contribution in [2.75, 3.05) is 19.5 Å². The lowest BCUT2D eigenvalue weighted by atomic mass is 10.1. The number of amides is 1. The van der Waals surface area contributed by atoms with Crippen LogP contribution in [0.15, 0.2) is 48.5 Å².